The molecule has 0 heterocycles. The Hall–Kier alpha value is -2.49. The van der Waals surface area contributed by atoms with Crippen molar-refractivity contribution < 1.29 is 9.22 Å². The first-order valence-electron chi connectivity index (χ1n) is 9.70. The van der Waals surface area contributed by atoms with E-state index in [1.165, 1.54) is 10.4 Å². The van der Waals surface area contributed by atoms with Gasteiger partial charge in [-0.1, -0.05) is 112 Å². The number of ketones is 1. The molecule has 0 spiro atoms. The molecule has 0 amide bonds. The van der Waals surface area contributed by atoms with Crippen LogP contribution < -0.4 is 10.4 Å². The molecule has 0 saturated carbocycles. The van der Waals surface area contributed by atoms with E-state index in [1.807, 2.05) is 42.5 Å². The van der Waals surface area contributed by atoms with Gasteiger partial charge in [0.25, 0.3) is 8.32 Å². The number of carbonyl (C=O) groups is 1. The summed E-state index contributed by atoms with van der Waals surface area (Å²) < 4.78 is 7.01. The van der Waals surface area contributed by atoms with E-state index in [0.717, 1.165) is 5.56 Å². The Balaban J connectivity index is 2.25. The third-order valence-corrected chi connectivity index (χ3v) is 10.2. The lowest BCUT2D eigenvalue weighted by Crippen LogP contribution is -2.67. The summed E-state index contributed by atoms with van der Waals surface area (Å²) in [7, 11) is -2.78. The van der Waals surface area contributed by atoms with E-state index < -0.39 is 14.4 Å². The molecule has 0 aromatic heterocycles. The molecular weight excluding hydrogens is 360 g/mol. The number of hydrogen-bond acceptors (Lipinski definition) is 2. The Morgan fingerprint density at radius 1 is 0.750 bits per heavy atom. The van der Waals surface area contributed by atoms with Gasteiger partial charge in [-0.25, -0.2) is 0 Å². The fourth-order valence-electron chi connectivity index (χ4n) is 3.88. The molecular formula is C25H28O2Si. The Bertz CT molecular complexity index is 860. The first-order valence-corrected chi connectivity index (χ1v) is 11.6. The largest absolute Gasteiger partial charge is 0.393 e. The molecule has 2 nitrogen and oxygen atoms in total. The van der Waals surface area contributed by atoms with Gasteiger partial charge >= 0.3 is 0 Å². The molecule has 28 heavy (non-hydrogen) atoms. The maximum Gasteiger partial charge on any atom is 0.262 e. The van der Waals surface area contributed by atoms with Crippen molar-refractivity contribution in [2.75, 3.05) is 0 Å². The molecule has 1 unspecified atom stereocenters. The lowest BCUT2D eigenvalue weighted by Gasteiger charge is -2.44. The Morgan fingerprint density at radius 2 is 1.14 bits per heavy atom. The van der Waals surface area contributed by atoms with Crippen molar-refractivity contribution in [3.8, 4) is 0 Å². The van der Waals surface area contributed by atoms with Crippen molar-refractivity contribution in [1.29, 1.82) is 0 Å². The minimum absolute atomic E-state index is 0.0270. The van der Waals surface area contributed by atoms with Crippen LogP contribution in [0.1, 0.15) is 39.4 Å². The fraction of sp³-hybridized carbons (Fsp3) is 0.240. The van der Waals surface area contributed by atoms with Gasteiger partial charge in [-0.3, -0.25) is 4.79 Å². The molecule has 0 aliphatic rings. The summed E-state index contributed by atoms with van der Waals surface area (Å²) in [6, 6.07) is 30.7. The topological polar surface area (TPSA) is 26.3 Å². The number of hydrogen-bond donors (Lipinski definition) is 0. The van der Waals surface area contributed by atoms with Crippen LogP contribution in [0.5, 0.6) is 0 Å². The van der Waals surface area contributed by atoms with E-state index in [9.17, 15) is 4.79 Å². The van der Waals surface area contributed by atoms with Crippen molar-refractivity contribution >= 4 is 24.5 Å². The molecule has 144 valence electrons. The summed E-state index contributed by atoms with van der Waals surface area (Å²) in [6.07, 6.45) is -0.590. The first kappa shape index (κ1) is 20.2. The van der Waals surface area contributed by atoms with Gasteiger partial charge in [0, 0.05) is 0 Å². The van der Waals surface area contributed by atoms with E-state index in [0.29, 0.717) is 0 Å². The second kappa shape index (κ2) is 8.25. The highest BCUT2D eigenvalue weighted by Gasteiger charge is 2.52. The van der Waals surface area contributed by atoms with Crippen LogP contribution in [0.3, 0.4) is 0 Å². The Morgan fingerprint density at radius 3 is 1.50 bits per heavy atom. The standard InChI is InChI=1S/C25H28O2Si/c1-20(26)24(21-14-8-5-9-15-21)27-28(25(2,3)4,22-16-10-6-11-17-22)23-18-12-7-13-19-23/h5-19,24H,1-4H3. The van der Waals surface area contributed by atoms with Gasteiger partial charge in [-0.15, -0.1) is 0 Å². The number of benzene rings is 3. The average Bonchev–Trinajstić information content (AvgIpc) is 2.70. The van der Waals surface area contributed by atoms with Crippen LogP contribution in [-0.4, -0.2) is 14.1 Å². The van der Waals surface area contributed by atoms with E-state index in [2.05, 4.69) is 69.3 Å². The molecule has 0 aliphatic carbocycles. The molecule has 0 saturated heterocycles. The predicted molar refractivity (Wildman–Crippen MR) is 119 cm³/mol. The van der Waals surface area contributed by atoms with Gasteiger partial charge in [0.1, 0.15) is 6.10 Å². The van der Waals surface area contributed by atoms with Crippen molar-refractivity contribution in [3.63, 3.8) is 0 Å². The molecule has 0 radical (unpaired) electrons. The van der Waals surface area contributed by atoms with Crippen LogP contribution in [0.2, 0.25) is 5.04 Å². The summed E-state index contributed by atoms with van der Waals surface area (Å²) in [5, 5.41) is 2.19. The summed E-state index contributed by atoms with van der Waals surface area (Å²) in [5.41, 5.74) is 0.906. The minimum Gasteiger partial charge on any atom is -0.393 e. The summed E-state index contributed by atoms with van der Waals surface area (Å²) in [6.45, 7) is 8.29. The van der Waals surface area contributed by atoms with E-state index in [1.54, 1.807) is 6.92 Å². The molecule has 3 rings (SSSR count). The molecule has 1 atom stereocenters. The highest BCUT2D eigenvalue weighted by Crippen LogP contribution is 2.40. The zero-order chi connectivity index (χ0) is 20.2. The fourth-order valence-corrected chi connectivity index (χ4v) is 8.55. The van der Waals surface area contributed by atoms with Gasteiger partial charge in [-0.2, -0.15) is 0 Å². The average molecular weight is 389 g/mol. The van der Waals surface area contributed by atoms with Crippen LogP contribution in [-0.2, 0) is 9.22 Å². The van der Waals surface area contributed by atoms with Gasteiger partial charge in [0.15, 0.2) is 5.78 Å². The lowest BCUT2D eigenvalue weighted by atomic mass is 10.1. The molecule has 3 aromatic carbocycles. The van der Waals surface area contributed by atoms with Crippen molar-refractivity contribution in [3.05, 3.63) is 96.6 Å². The van der Waals surface area contributed by atoms with Crippen molar-refractivity contribution in [2.45, 2.75) is 38.8 Å². The number of Topliss-reactive ketones (excluding diaryl/α,β-unsaturated/α-hetero) is 1. The van der Waals surface area contributed by atoms with E-state index in [-0.39, 0.29) is 10.8 Å². The van der Waals surface area contributed by atoms with E-state index in [4.69, 9.17) is 4.43 Å². The summed E-state index contributed by atoms with van der Waals surface area (Å²) in [4.78, 5) is 12.7. The summed E-state index contributed by atoms with van der Waals surface area (Å²) in [5.74, 6) is 0.0270. The van der Waals surface area contributed by atoms with Gasteiger partial charge in [0.05, 0.1) is 0 Å². The van der Waals surface area contributed by atoms with Crippen LogP contribution in [0, 0.1) is 0 Å². The maximum absolute atomic E-state index is 12.7. The smallest absolute Gasteiger partial charge is 0.262 e. The third kappa shape index (κ3) is 3.86. The monoisotopic (exact) mass is 388 g/mol. The second-order valence-electron chi connectivity index (χ2n) is 8.18. The highest BCUT2D eigenvalue weighted by molar-refractivity contribution is 6.99. The SMILES string of the molecule is CC(=O)C(O[Si](c1ccccc1)(c1ccccc1)C(C)(C)C)c1ccccc1. The molecule has 3 heteroatoms. The van der Waals surface area contributed by atoms with Gasteiger partial charge in [0.2, 0.25) is 0 Å². The Kier molecular flexibility index (Phi) is 5.97. The summed E-state index contributed by atoms with van der Waals surface area (Å²) >= 11 is 0. The third-order valence-electron chi connectivity index (χ3n) is 5.18. The zero-order valence-corrected chi connectivity index (χ0v) is 18.1. The van der Waals surface area contributed by atoms with Crippen LogP contribution >= 0.6 is 0 Å². The first-order chi connectivity index (χ1) is 13.4. The lowest BCUT2D eigenvalue weighted by molar-refractivity contribution is -0.124. The highest BCUT2D eigenvalue weighted by atomic mass is 28.4. The molecule has 3 aromatic rings. The predicted octanol–water partition coefficient (Wildman–Crippen LogP) is 4.89. The molecule has 0 aliphatic heterocycles. The van der Waals surface area contributed by atoms with E-state index >= 15 is 0 Å². The Labute approximate surface area is 169 Å². The quantitative estimate of drug-likeness (QED) is 0.562. The van der Waals surface area contributed by atoms with Crippen LogP contribution in [0.15, 0.2) is 91.0 Å². The maximum atomic E-state index is 12.7. The minimum atomic E-state index is -2.78. The van der Waals surface area contributed by atoms with Gasteiger partial charge in [-0.05, 0) is 27.9 Å². The van der Waals surface area contributed by atoms with Crippen molar-refractivity contribution in [2.24, 2.45) is 0 Å². The number of rotatable bonds is 6. The van der Waals surface area contributed by atoms with Gasteiger partial charge < -0.3 is 4.43 Å². The second-order valence-corrected chi connectivity index (χ2v) is 12.4. The molecule has 0 bridgehead atoms. The number of carbonyl (C=O) groups excluding carboxylic acids is 1. The molecule has 0 fully saturated rings. The van der Waals surface area contributed by atoms with Crippen molar-refractivity contribution in [1.82, 2.24) is 0 Å². The molecule has 0 N–H and O–H groups in total. The normalized spacial score (nSPS) is 13.1. The van der Waals surface area contributed by atoms with Crippen LogP contribution in [0.25, 0.3) is 0 Å². The zero-order valence-electron chi connectivity index (χ0n) is 17.1. The van der Waals surface area contributed by atoms with Crippen LogP contribution in [0.4, 0.5) is 0 Å².